The van der Waals surface area contributed by atoms with Crippen LogP contribution in [0, 0.1) is 0 Å². The molecule has 0 aliphatic carbocycles. The van der Waals surface area contributed by atoms with E-state index >= 15 is 0 Å². The van der Waals surface area contributed by atoms with Crippen molar-refractivity contribution in [3.63, 3.8) is 0 Å². The Balaban J connectivity index is 0.000000262. The average molecular weight is 846 g/mol. The van der Waals surface area contributed by atoms with Gasteiger partial charge in [0.15, 0.2) is 0 Å². The van der Waals surface area contributed by atoms with Gasteiger partial charge < -0.3 is 32.8 Å². The molecule has 2 aromatic heterocycles. The van der Waals surface area contributed by atoms with Crippen molar-refractivity contribution in [3.8, 4) is 0 Å². The van der Waals surface area contributed by atoms with E-state index in [0.717, 1.165) is 22.4 Å². The first-order valence-electron chi connectivity index (χ1n) is 13.3. The van der Waals surface area contributed by atoms with E-state index in [0.29, 0.717) is 0 Å². The van der Waals surface area contributed by atoms with Crippen LogP contribution in [0.5, 0.6) is 0 Å². The van der Waals surface area contributed by atoms with Gasteiger partial charge in [0.25, 0.3) is 0 Å². The summed E-state index contributed by atoms with van der Waals surface area (Å²) in [7, 11) is -1.11. The van der Waals surface area contributed by atoms with Crippen LogP contribution in [-0.4, -0.2) is 21.5 Å². The van der Waals surface area contributed by atoms with Gasteiger partial charge in [0.05, 0.1) is 10.9 Å². The minimum absolute atomic E-state index is 0. The molecule has 0 fully saturated rings. The third kappa shape index (κ3) is 12.9. The van der Waals surface area contributed by atoms with E-state index in [9.17, 15) is 0 Å². The van der Waals surface area contributed by atoms with Crippen molar-refractivity contribution in [2.75, 3.05) is 0 Å². The van der Waals surface area contributed by atoms with Gasteiger partial charge in [-0.1, -0.05) is 133 Å². The van der Waals surface area contributed by atoms with Crippen LogP contribution in [-0.2, 0) is 29.7 Å². The Morgan fingerprint density at radius 2 is 0.622 bits per heavy atom. The Kier molecular flexibility index (Phi) is 19.3. The van der Waals surface area contributed by atoms with E-state index in [2.05, 4.69) is 179 Å². The number of carbonyl (C=O) groups excluding carboxylic acids is 2. The molecule has 0 aliphatic heterocycles. The Morgan fingerprint density at radius 1 is 0.400 bits per heavy atom. The molecule has 0 saturated heterocycles. The van der Waals surface area contributed by atoms with Crippen molar-refractivity contribution in [2.45, 2.75) is 0 Å². The quantitative estimate of drug-likeness (QED) is 0.113. The van der Waals surface area contributed by atoms with E-state index in [-0.39, 0.29) is 20.1 Å². The molecule has 0 aliphatic rings. The Bertz CT molecular complexity index is 1300. The van der Waals surface area contributed by atoms with Crippen LogP contribution in [0.2, 0.25) is 0 Å². The van der Waals surface area contributed by atoms with Gasteiger partial charge in [0.1, 0.15) is 0 Å². The number of rotatable bonds is 6. The zero-order valence-corrected chi connectivity index (χ0v) is 29.6. The normalized spacial score (nSPS) is 9.51. The van der Waals surface area contributed by atoms with Crippen molar-refractivity contribution in [3.05, 3.63) is 170 Å². The first-order valence-corrected chi connectivity index (χ1v) is 16.8. The first kappa shape index (κ1) is 37.8. The van der Waals surface area contributed by atoms with Gasteiger partial charge in [0, 0.05) is 48.3 Å². The van der Waals surface area contributed by atoms with Gasteiger partial charge >= 0.3 is 0 Å². The minimum atomic E-state index is -0.557. The molecule has 0 spiro atoms. The Labute approximate surface area is 290 Å². The molecular formula is C36H28Cl2IrN2O2P2-2. The summed E-state index contributed by atoms with van der Waals surface area (Å²) in [4.78, 5) is 26.0. The van der Waals surface area contributed by atoms with E-state index in [4.69, 9.17) is 9.59 Å². The van der Waals surface area contributed by atoms with Gasteiger partial charge in [-0.3, -0.25) is 9.97 Å². The molecule has 9 heteroatoms. The van der Waals surface area contributed by atoms with Crippen LogP contribution in [0.3, 0.4) is 0 Å². The maximum absolute atomic E-state index is 8.45. The molecular weight excluding hydrogens is 817 g/mol. The van der Waals surface area contributed by atoms with Crippen LogP contribution in [0.15, 0.2) is 170 Å². The van der Waals surface area contributed by atoms with Gasteiger partial charge in [-0.15, -0.1) is 0 Å². The maximum atomic E-state index is 8.45. The summed E-state index contributed by atoms with van der Waals surface area (Å²) >= 11 is 8.39. The van der Waals surface area contributed by atoms with E-state index < -0.39 is 15.8 Å². The minimum Gasteiger partial charge on any atom is -0.525 e. The van der Waals surface area contributed by atoms with Crippen LogP contribution < -0.4 is 32.1 Å². The molecule has 45 heavy (non-hydrogen) atoms. The summed E-state index contributed by atoms with van der Waals surface area (Å²) in [6.07, 6.45) is 3.74. The number of pyridine rings is 2. The zero-order valence-electron chi connectivity index (χ0n) is 23.9. The molecule has 0 saturated carbocycles. The SMILES string of the molecule is O=[C-]Cl.O=[C-]Cl.[Ir].c1ccc(P(c2ccccc2)c2ccccn2)cc1.c1ccc(P(c2ccccc2)c2ccccn2)cc1. The van der Waals surface area contributed by atoms with E-state index in [1.54, 1.807) is 0 Å². The molecule has 0 unspecified atom stereocenters. The van der Waals surface area contributed by atoms with Gasteiger partial charge in [0.2, 0.25) is 0 Å². The summed E-state index contributed by atoms with van der Waals surface area (Å²) in [6.45, 7) is 0. The molecule has 4 aromatic carbocycles. The maximum Gasteiger partial charge on any atom is 0.0720 e. The molecule has 1 radical (unpaired) electrons. The molecule has 229 valence electrons. The van der Waals surface area contributed by atoms with Crippen LogP contribution >= 0.6 is 39.0 Å². The number of nitrogens with zero attached hydrogens (tertiary/aromatic N) is 2. The van der Waals surface area contributed by atoms with Gasteiger partial charge in [-0.25, -0.2) is 0 Å². The second-order valence-corrected chi connectivity index (χ2v) is 13.2. The number of halogens is 2. The molecule has 2 heterocycles. The fourth-order valence-corrected chi connectivity index (χ4v) is 8.48. The molecule has 0 amide bonds. The third-order valence-electron chi connectivity index (χ3n) is 5.81. The Morgan fingerprint density at radius 3 is 0.822 bits per heavy atom. The summed E-state index contributed by atoms with van der Waals surface area (Å²) in [5, 5.41) is 5.34. The standard InChI is InChI=1S/2C17H14NP.2CClO.Ir/c2*1-3-9-15(10-4-1)19(16-11-5-2-6-12-16)17-13-7-8-14-18-17;2*2-1-3;/h2*1-14H;;;/q;;2*-1;. The summed E-state index contributed by atoms with van der Waals surface area (Å²) in [5.74, 6) is 1.94. The van der Waals surface area contributed by atoms with Crippen molar-refractivity contribution >= 4 is 82.6 Å². The van der Waals surface area contributed by atoms with Gasteiger partial charge in [-0.05, 0) is 45.5 Å². The average Bonchev–Trinajstić information content (AvgIpc) is 3.09. The summed E-state index contributed by atoms with van der Waals surface area (Å²) in [6, 6.07) is 54.8. The van der Waals surface area contributed by atoms with Crippen molar-refractivity contribution in [2.24, 2.45) is 0 Å². The summed E-state index contributed by atoms with van der Waals surface area (Å²) < 4.78 is 0. The molecule has 4 nitrogen and oxygen atoms in total. The number of hydrogen-bond donors (Lipinski definition) is 0. The molecule has 6 rings (SSSR count). The molecule has 0 N–H and O–H groups in total. The fraction of sp³-hybridized carbons (Fsp3) is 0. The topological polar surface area (TPSA) is 59.9 Å². The zero-order chi connectivity index (χ0) is 31.2. The van der Waals surface area contributed by atoms with Crippen LogP contribution in [0.25, 0.3) is 0 Å². The predicted octanol–water partition coefficient (Wildman–Crippen LogP) is 6.26. The smallest absolute Gasteiger partial charge is 0.0720 e. The number of aromatic nitrogens is 2. The van der Waals surface area contributed by atoms with Crippen LogP contribution in [0.1, 0.15) is 0 Å². The first-order chi connectivity index (χ1) is 21.7. The molecule has 6 aromatic rings. The van der Waals surface area contributed by atoms with Crippen molar-refractivity contribution in [1.29, 1.82) is 0 Å². The van der Waals surface area contributed by atoms with Gasteiger partial charge in [-0.2, -0.15) is 11.5 Å². The van der Waals surface area contributed by atoms with Crippen molar-refractivity contribution < 1.29 is 29.7 Å². The summed E-state index contributed by atoms with van der Waals surface area (Å²) in [5.41, 5.74) is 2.30. The second-order valence-electron chi connectivity index (χ2n) is 8.54. The molecule has 0 bridgehead atoms. The van der Waals surface area contributed by atoms with Crippen molar-refractivity contribution in [1.82, 2.24) is 9.97 Å². The largest absolute Gasteiger partial charge is 0.525 e. The number of hydrogen-bond acceptors (Lipinski definition) is 4. The fourth-order valence-electron chi connectivity index (χ4n) is 4.11. The second kappa shape index (κ2) is 23.0. The molecule has 0 atom stereocenters. The number of benzene rings is 4. The van der Waals surface area contributed by atoms with E-state index in [1.165, 1.54) is 21.2 Å². The van der Waals surface area contributed by atoms with Crippen LogP contribution in [0.4, 0.5) is 0 Å². The predicted molar refractivity (Wildman–Crippen MR) is 189 cm³/mol. The monoisotopic (exact) mass is 845 g/mol. The third-order valence-corrected chi connectivity index (χ3v) is 10.5. The Hall–Kier alpha value is -3.39. The van der Waals surface area contributed by atoms with E-state index in [1.807, 2.05) is 24.5 Å².